The minimum atomic E-state index is -0.698. The van der Waals surface area contributed by atoms with E-state index < -0.39 is 6.04 Å². The van der Waals surface area contributed by atoms with Gasteiger partial charge in [0, 0.05) is 39.7 Å². The number of rotatable bonds is 5. The normalized spacial score (nSPS) is 14.9. The number of hydrogen-bond acceptors (Lipinski definition) is 3. The van der Waals surface area contributed by atoms with Crippen molar-refractivity contribution >= 4 is 57.7 Å². The highest BCUT2D eigenvalue weighted by Gasteiger charge is 2.29. The Balaban J connectivity index is 1.58. The van der Waals surface area contributed by atoms with E-state index in [4.69, 9.17) is 23.2 Å². The van der Waals surface area contributed by atoms with Gasteiger partial charge in [-0.25, -0.2) is 0 Å². The number of benzene rings is 2. The summed E-state index contributed by atoms with van der Waals surface area (Å²) in [5.74, 6) is 1.11. The van der Waals surface area contributed by atoms with E-state index in [2.05, 4.69) is 10.3 Å². The maximum absolute atomic E-state index is 13.1. The van der Waals surface area contributed by atoms with Crippen molar-refractivity contribution < 1.29 is 9.59 Å². The van der Waals surface area contributed by atoms with Crippen molar-refractivity contribution in [1.29, 1.82) is 0 Å². The Labute approximate surface area is 182 Å². The van der Waals surface area contributed by atoms with Crippen LogP contribution in [0.4, 0.5) is 0 Å². The molecule has 0 radical (unpaired) electrons. The molecule has 1 aliphatic heterocycles. The fourth-order valence-electron chi connectivity index (χ4n) is 3.35. The fraction of sp³-hybridized carbons (Fsp3) is 0.238. The van der Waals surface area contributed by atoms with Crippen molar-refractivity contribution in [3.8, 4) is 0 Å². The maximum Gasteiger partial charge on any atom is 0.268 e. The lowest BCUT2D eigenvalue weighted by Crippen LogP contribution is -2.49. The van der Waals surface area contributed by atoms with Crippen LogP contribution in [-0.4, -0.2) is 45.9 Å². The van der Waals surface area contributed by atoms with Crippen LogP contribution in [-0.2, 0) is 11.2 Å². The first-order valence-electron chi connectivity index (χ1n) is 9.20. The number of halogens is 2. The van der Waals surface area contributed by atoms with Gasteiger partial charge in [0.05, 0.1) is 5.88 Å². The second-order valence-corrected chi connectivity index (χ2v) is 8.79. The number of fused-ring (bicyclic) bond motifs is 1. The standard InChI is InChI=1S/C21H19Cl2N3O2S/c22-15-5-6-17-14(9-15)11-18(24-17)20(27)25-19(21(28)26-7-8-29-12-26)10-13-3-1-2-4-16(13)23/h1-6,9,11,19,24H,7-8,10,12H2,(H,25,27). The lowest BCUT2D eigenvalue weighted by Gasteiger charge is -2.24. The molecule has 0 aliphatic carbocycles. The minimum Gasteiger partial charge on any atom is -0.351 e. The van der Waals surface area contributed by atoms with Gasteiger partial charge in [-0.3, -0.25) is 9.59 Å². The molecule has 2 aromatic carbocycles. The third kappa shape index (κ3) is 4.55. The molecule has 4 rings (SSSR count). The van der Waals surface area contributed by atoms with Crippen LogP contribution in [0.1, 0.15) is 16.1 Å². The molecule has 150 valence electrons. The Kier molecular flexibility index (Phi) is 6.04. The SMILES string of the molecule is O=C(NC(Cc1ccccc1Cl)C(=O)N1CCSC1)c1cc2cc(Cl)ccc2[nH]1. The number of H-pyrrole nitrogens is 1. The van der Waals surface area contributed by atoms with Gasteiger partial charge in [0.2, 0.25) is 5.91 Å². The van der Waals surface area contributed by atoms with Gasteiger partial charge in [-0.1, -0.05) is 41.4 Å². The van der Waals surface area contributed by atoms with Crippen LogP contribution in [0, 0.1) is 0 Å². The lowest BCUT2D eigenvalue weighted by atomic mass is 10.0. The summed E-state index contributed by atoms with van der Waals surface area (Å²) in [5, 5.41) is 4.92. The molecule has 0 saturated carbocycles. The van der Waals surface area contributed by atoms with Crippen molar-refractivity contribution in [2.24, 2.45) is 0 Å². The summed E-state index contributed by atoms with van der Waals surface area (Å²) in [7, 11) is 0. The molecular weight excluding hydrogens is 429 g/mol. The number of nitrogens with zero attached hydrogens (tertiary/aromatic N) is 1. The number of aromatic nitrogens is 1. The first-order chi connectivity index (χ1) is 14.0. The largest absolute Gasteiger partial charge is 0.351 e. The number of carbonyl (C=O) groups excluding carboxylic acids is 2. The van der Waals surface area contributed by atoms with Crippen molar-refractivity contribution in [2.45, 2.75) is 12.5 Å². The number of hydrogen-bond donors (Lipinski definition) is 2. The molecule has 1 atom stereocenters. The summed E-state index contributed by atoms with van der Waals surface area (Å²) < 4.78 is 0. The number of nitrogens with one attached hydrogen (secondary N) is 2. The van der Waals surface area contributed by atoms with E-state index >= 15 is 0 Å². The van der Waals surface area contributed by atoms with Crippen molar-refractivity contribution in [3.63, 3.8) is 0 Å². The molecule has 2 amide bonds. The van der Waals surface area contributed by atoms with E-state index in [1.54, 1.807) is 40.9 Å². The predicted molar refractivity (Wildman–Crippen MR) is 119 cm³/mol. The van der Waals surface area contributed by atoms with Gasteiger partial charge in [-0.15, -0.1) is 11.8 Å². The van der Waals surface area contributed by atoms with E-state index in [1.165, 1.54) is 0 Å². The average molecular weight is 448 g/mol. The van der Waals surface area contributed by atoms with Crippen LogP contribution >= 0.6 is 35.0 Å². The van der Waals surface area contributed by atoms with Gasteiger partial charge >= 0.3 is 0 Å². The Hall–Kier alpha value is -2.15. The molecule has 1 unspecified atom stereocenters. The van der Waals surface area contributed by atoms with Crippen molar-refractivity contribution in [3.05, 3.63) is 69.8 Å². The number of amides is 2. The van der Waals surface area contributed by atoms with E-state index in [0.717, 1.165) is 22.2 Å². The predicted octanol–water partition coefficient (Wildman–Crippen LogP) is 4.35. The fourth-order valence-corrected chi connectivity index (χ4v) is 4.70. The molecule has 29 heavy (non-hydrogen) atoms. The number of thioether (sulfide) groups is 1. The third-order valence-corrected chi connectivity index (χ3v) is 6.45. The molecule has 8 heteroatoms. The molecule has 2 N–H and O–H groups in total. The molecule has 1 fully saturated rings. The highest BCUT2D eigenvalue weighted by Crippen LogP contribution is 2.22. The van der Waals surface area contributed by atoms with E-state index in [9.17, 15) is 9.59 Å². The first-order valence-corrected chi connectivity index (χ1v) is 11.1. The van der Waals surface area contributed by atoms with E-state index in [0.29, 0.717) is 34.6 Å². The zero-order chi connectivity index (χ0) is 20.4. The Morgan fingerprint density at radius 3 is 2.76 bits per heavy atom. The smallest absolute Gasteiger partial charge is 0.268 e. The number of aromatic amines is 1. The number of carbonyl (C=O) groups is 2. The van der Waals surface area contributed by atoms with Crippen LogP contribution < -0.4 is 5.32 Å². The highest BCUT2D eigenvalue weighted by molar-refractivity contribution is 7.99. The maximum atomic E-state index is 13.1. The molecule has 1 saturated heterocycles. The van der Waals surface area contributed by atoms with Gasteiger partial charge < -0.3 is 15.2 Å². The van der Waals surface area contributed by atoms with Gasteiger partial charge in [0.25, 0.3) is 5.91 Å². The summed E-state index contributed by atoms with van der Waals surface area (Å²) in [6.07, 6.45) is 0.331. The van der Waals surface area contributed by atoms with Crippen LogP contribution in [0.3, 0.4) is 0 Å². The van der Waals surface area contributed by atoms with E-state index in [-0.39, 0.29) is 11.8 Å². The summed E-state index contributed by atoms with van der Waals surface area (Å²) in [6, 6.07) is 13.8. The van der Waals surface area contributed by atoms with E-state index in [1.807, 2.05) is 24.3 Å². The molecule has 5 nitrogen and oxygen atoms in total. The van der Waals surface area contributed by atoms with Gasteiger partial charge in [-0.05, 0) is 35.9 Å². The first kappa shape index (κ1) is 20.1. The zero-order valence-corrected chi connectivity index (χ0v) is 17.8. The van der Waals surface area contributed by atoms with Crippen LogP contribution in [0.2, 0.25) is 10.0 Å². The molecule has 2 heterocycles. The Bertz CT molecular complexity index is 1060. The van der Waals surface area contributed by atoms with Crippen LogP contribution in [0.25, 0.3) is 10.9 Å². The Morgan fingerprint density at radius 1 is 1.17 bits per heavy atom. The van der Waals surface area contributed by atoms with Gasteiger partial charge in [-0.2, -0.15) is 0 Å². The lowest BCUT2D eigenvalue weighted by molar-refractivity contribution is -0.131. The molecule has 1 aliphatic rings. The second kappa shape index (κ2) is 8.69. The van der Waals surface area contributed by atoms with Gasteiger partial charge in [0.1, 0.15) is 11.7 Å². The molecular formula is C21H19Cl2N3O2S. The molecule has 3 aromatic rings. The summed E-state index contributed by atoms with van der Waals surface area (Å²) >= 11 is 14.0. The van der Waals surface area contributed by atoms with Crippen molar-refractivity contribution in [1.82, 2.24) is 15.2 Å². The van der Waals surface area contributed by atoms with Crippen LogP contribution in [0.5, 0.6) is 0 Å². The average Bonchev–Trinajstić information content (AvgIpc) is 3.38. The topological polar surface area (TPSA) is 65.2 Å². The molecule has 0 bridgehead atoms. The van der Waals surface area contributed by atoms with Gasteiger partial charge in [0.15, 0.2) is 0 Å². The zero-order valence-electron chi connectivity index (χ0n) is 15.5. The quantitative estimate of drug-likeness (QED) is 0.610. The Morgan fingerprint density at radius 2 is 2.00 bits per heavy atom. The summed E-state index contributed by atoms with van der Waals surface area (Å²) in [6.45, 7) is 0.684. The summed E-state index contributed by atoms with van der Waals surface area (Å²) in [4.78, 5) is 30.9. The second-order valence-electron chi connectivity index (χ2n) is 6.88. The monoisotopic (exact) mass is 447 g/mol. The molecule has 0 spiro atoms. The highest BCUT2D eigenvalue weighted by atomic mass is 35.5. The third-order valence-electron chi connectivity index (χ3n) is 4.88. The molecule has 1 aromatic heterocycles. The van der Waals surface area contributed by atoms with Crippen LogP contribution in [0.15, 0.2) is 48.5 Å². The minimum absolute atomic E-state index is 0.0950. The van der Waals surface area contributed by atoms with Crippen molar-refractivity contribution in [2.75, 3.05) is 18.2 Å². The summed E-state index contributed by atoms with van der Waals surface area (Å²) in [5.41, 5.74) is 2.02.